The van der Waals surface area contributed by atoms with Crippen LogP contribution in [0.5, 0.6) is 11.5 Å². The number of β-lactam (4-membered cyclic amide) rings is 1. The van der Waals surface area contributed by atoms with Crippen LogP contribution in [-0.4, -0.2) is 98.9 Å². The molecule has 18 nitrogen and oxygen atoms in total. The monoisotopic (exact) mass is 715 g/mol. The molecule has 1 aromatic carbocycles. The Kier molecular flexibility index (Phi) is 9.15. The minimum absolute atomic E-state index is 0.0612. The third-order valence-corrected chi connectivity index (χ3v) is 9.76. The van der Waals surface area contributed by atoms with Crippen molar-refractivity contribution in [3.8, 4) is 11.5 Å². The Balaban J connectivity index is 1.43. The highest BCUT2D eigenvalue weighted by Gasteiger charge is 2.55. The number of amides is 2. The van der Waals surface area contributed by atoms with E-state index >= 15 is 0 Å². The summed E-state index contributed by atoms with van der Waals surface area (Å²) < 4.78 is 1.48. The van der Waals surface area contributed by atoms with Crippen molar-refractivity contribution in [3.63, 3.8) is 0 Å². The van der Waals surface area contributed by atoms with Gasteiger partial charge < -0.3 is 46.6 Å². The van der Waals surface area contributed by atoms with Crippen molar-refractivity contribution >= 4 is 74.4 Å². The molecule has 258 valence electrons. The molecule has 49 heavy (non-hydrogen) atoms. The van der Waals surface area contributed by atoms with Gasteiger partial charge in [-0.1, -0.05) is 5.16 Å². The summed E-state index contributed by atoms with van der Waals surface area (Å²) in [6, 6.07) is -0.778. The Morgan fingerprint density at radius 1 is 1.18 bits per heavy atom. The number of carboxylic acids is 2. The van der Waals surface area contributed by atoms with Crippen molar-refractivity contribution in [2.24, 2.45) is 10.9 Å². The topological polar surface area (TPSA) is 290 Å². The summed E-state index contributed by atoms with van der Waals surface area (Å²) in [4.78, 5) is 87.6. The second-order valence-electron chi connectivity index (χ2n) is 11.3. The van der Waals surface area contributed by atoms with Crippen molar-refractivity contribution in [1.29, 1.82) is 0 Å². The number of nitrogen functional groups attached to an aromatic ring is 1. The quantitative estimate of drug-likeness (QED) is 0.0452. The summed E-state index contributed by atoms with van der Waals surface area (Å²) in [5.41, 5.74) is 7.83. The molecule has 2 aliphatic rings. The third kappa shape index (κ3) is 6.16. The number of hydrogen-bond donors (Lipinski definition) is 7. The van der Waals surface area contributed by atoms with E-state index in [1.807, 2.05) is 0 Å². The number of carbonyl (C=O) groups excluding carboxylic acids is 3. The number of phenolic OH excluding ortho intramolecular Hbond substituents is 2. The summed E-state index contributed by atoms with van der Waals surface area (Å²) in [6.07, 6.45) is 1.22. The van der Waals surface area contributed by atoms with Crippen LogP contribution in [0, 0.1) is 0 Å². The van der Waals surface area contributed by atoms with Crippen LogP contribution in [0.3, 0.4) is 0 Å². The highest BCUT2D eigenvalue weighted by atomic mass is 32.2. The molecule has 9 N–H and O–H groups in total. The maximum Gasteiger partial charge on any atom is 0.352 e. The molecule has 3 aromatic rings. The number of benzene rings is 1. The molecule has 2 aromatic heterocycles. The molecule has 0 saturated carbocycles. The van der Waals surface area contributed by atoms with Crippen molar-refractivity contribution in [2.75, 3.05) is 11.5 Å². The molecule has 20 heteroatoms. The van der Waals surface area contributed by atoms with Gasteiger partial charge in [-0.05, 0) is 32.4 Å². The molecule has 2 amide bonds. The normalized spacial score (nSPS) is 18.5. The molecule has 0 radical (unpaired) electrons. The van der Waals surface area contributed by atoms with Gasteiger partial charge in [-0.2, -0.15) is 0 Å². The first-order valence-electron chi connectivity index (χ1n) is 14.3. The number of oxime groups is 1. The number of aryl methyl sites for hydroxylation is 1. The lowest BCUT2D eigenvalue weighted by Gasteiger charge is -2.49. The van der Waals surface area contributed by atoms with Gasteiger partial charge in [-0.15, -0.1) is 23.1 Å². The Morgan fingerprint density at radius 3 is 2.45 bits per heavy atom. The number of fused-ring (bicyclic) bond motifs is 2. The first kappa shape index (κ1) is 34.9. The lowest BCUT2D eigenvalue weighted by molar-refractivity contribution is -0.161. The molecule has 1 fully saturated rings. The standard InChI is InChI=1S/C29H29N7O11S2/c1-4-35-7-11(21(39)10-5-15(37)16(38)6-14(10)35)22(40)17(30)12-8-48-25-19(24(42)36(25)20(12)26(43)44)33-23(41)18(13-9-49-28(31)32-13)34-47-29(2,3)27(45)46/h5-7,9,17,19,25,37-38H,4,8,30H2,1-3H3,(H2,31,32)(H,33,41)(H,43,44)(H,45,46)/b34-18-/t17?,19?,25-/m1/s1. The fraction of sp³-hybridized carbons (Fsp3) is 0.310. The van der Waals surface area contributed by atoms with E-state index in [1.54, 1.807) is 6.92 Å². The van der Waals surface area contributed by atoms with Gasteiger partial charge in [-0.3, -0.25) is 24.1 Å². The zero-order chi connectivity index (χ0) is 36.1. The van der Waals surface area contributed by atoms with E-state index in [9.17, 15) is 49.2 Å². The molecular weight excluding hydrogens is 686 g/mol. The zero-order valence-electron chi connectivity index (χ0n) is 25.9. The lowest BCUT2D eigenvalue weighted by atomic mass is 9.94. The van der Waals surface area contributed by atoms with E-state index in [0.717, 1.165) is 34.1 Å². The number of nitrogens with zero attached hydrogens (tertiary/aromatic N) is 4. The minimum atomic E-state index is -1.84. The van der Waals surface area contributed by atoms with Gasteiger partial charge in [-0.25, -0.2) is 14.6 Å². The number of aromatic nitrogens is 2. The number of carboxylic acid groups (broad SMARTS) is 2. The number of phenols is 2. The van der Waals surface area contributed by atoms with Gasteiger partial charge in [0.15, 0.2) is 33.6 Å². The highest BCUT2D eigenvalue weighted by Crippen LogP contribution is 2.41. The van der Waals surface area contributed by atoms with E-state index in [-0.39, 0.29) is 39.6 Å². The number of nitrogens with two attached hydrogens (primary N) is 2. The summed E-state index contributed by atoms with van der Waals surface area (Å²) in [7, 11) is 0. The maximum atomic E-state index is 13.7. The number of nitrogens with one attached hydrogen (secondary N) is 1. The van der Waals surface area contributed by atoms with E-state index in [4.69, 9.17) is 16.3 Å². The van der Waals surface area contributed by atoms with Gasteiger partial charge in [0.2, 0.25) is 5.60 Å². The number of ketones is 1. The molecule has 2 unspecified atom stereocenters. The van der Waals surface area contributed by atoms with Gasteiger partial charge in [0.05, 0.1) is 22.5 Å². The van der Waals surface area contributed by atoms with Gasteiger partial charge in [0.25, 0.3) is 11.8 Å². The van der Waals surface area contributed by atoms with Gasteiger partial charge in [0, 0.05) is 29.9 Å². The van der Waals surface area contributed by atoms with Crippen LogP contribution >= 0.6 is 23.1 Å². The number of anilines is 1. The number of Topliss-reactive ketones (excluding diaryl/α,β-unsaturated/α-hetero) is 1. The first-order valence-corrected chi connectivity index (χ1v) is 16.2. The van der Waals surface area contributed by atoms with Crippen molar-refractivity contribution in [3.05, 3.63) is 56.5 Å². The smallest absolute Gasteiger partial charge is 0.352 e. The van der Waals surface area contributed by atoms with E-state index < -0.39 is 86.5 Å². The van der Waals surface area contributed by atoms with Crippen LogP contribution in [-0.2, 0) is 30.6 Å². The van der Waals surface area contributed by atoms with Crippen molar-refractivity contribution in [1.82, 2.24) is 19.8 Å². The second kappa shape index (κ2) is 12.9. The molecule has 0 spiro atoms. The fourth-order valence-corrected chi connectivity index (χ4v) is 7.02. The Bertz CT molecular complexity index is 2070. The number of pyridine rings is 1. The molecule has 3 atom stereocenters. The Labute approximate surface area is 283 Å². The number of aliphatic carboxylic acids is 2. The Morgan fingerprint density at radius 2 is 1.86 bits per heavy atom. The average molecular weight is 716 g/mol. The van der Waals surface area contributed by atoms with Crippen LogP contribution in [0.25, 0.3) is 10.9 Å². The first-order chi connectivity index (χ1) is 23.0. The molecule has 0 aliphatic carbocycles. The highest BCUT2D eigenvalue weighted by molar-refractivity contribution is 8.00. The summed E-state index contributed by atoms with van der Waals surface area (Å²) in [5, 5.41) is 45.9. The molecule has 2 aliphatic heterocycles. The van der Waals surface area contributed by atoms with Crippen LogP contribution in [0.1, 0.15) is 36.8 Å². The lowest BCUT2D eigenvalue weighted by Crippen LogP contribution is -2.71. The second-order valence-corrected chi connectivity index (χ2v) is 13.3. The maximum absolute atomic E-state index is 13.7. The molecule has 0 bridgehead atoms. The number of thiazole rings is 1. The van der Waals surface area contributed by atoms with Gasteiger partial charge >= 0.3 is 11.9 Å². The number of thioether (sulfide) groups is 1. The number of carbonyl (C=O) groups is 5. The zero-order valence-corrected chi connectivity index (χ0v) is 27.5. The summed E-state index contributed by atoms with van der Waals surface area (Å²) in [5.74, 6) is -7.01. The number of aromatic hydroxyl groups is 2. The van der Waals surface area contributed by atoms with Crippen LogP contribution in [0.2, 0.25) is 0 Å². The van der Waals surface area contributed by atoms with E-state index in [1.165, 1.54) is 36.1 Å². The molecule has 4 heterocycles. The molecular formula is C29H29N7O11S2. The minimum Gasteiger partial charge on any atom is -0.504 e. The fourth-order valence-electron chi connectivity index (χ4n) is 5.07. The van der Waals surface area contributed by atoms with Crippen LogP contribution < -0.4 is 22.2 Å². The molecule has 1 saturated heterocycles. The summed E-state index contributed by atoms with van der Waals surface area (Å²) >= 11 is 1.96. The van der Waals surface area contributed by atoms with Crippen LogP contribution in [0.15, 0.2) is 44.9 Å². The predicted octanol–water partition coefficient (Wildman–Crippen LogP) is 0.00400. The van der Waals surface area contributed by atoms with E-state index in [0.29, 0.717) is 0 Å². The van der Waals surface area contributed by atoms with Crippen molar-refractivity contribution in [2.45, 2.75) is 50.4 Å². The van der Waals surface area contributed by atoms with E-state index in [2.05, 4.69) is 15.5 Å². The SMILES string of the molecule is CCn1cc(C(=O)C(N)C2=C(C(=O)O)N3C(=O)C(NC(=O)/C(=N\OC(C)(C)C(=O)O)c4csc(N)n4)[C@H]3SC2)c(=O)c2cc(O)c(O)cc21. The third-order valence-electron chi connectivity index (χ3n) is 7.79. The average Bonchev–Trinajstić information content (AvgIpc) is 3.48. The Hall–Kier alpha value is -5.47. The molecule has 5 rings (SSSR count). The summed E-state index contributed by atoms with van der Waals surface area (Å²) in [6.45, 7) is 4.34. The van der Waals surface area contributed by atoms with Crippen LogP contribution in [0.4, 0.5) is 5.13 Å². The number of hydrogen-bond acceptors (Lipinski definition) is 15. The van der Waals surface area contributed by atoms with Crippen molar-refractivity contribution < 1.29 is 49.2 Å². The van der Waals surface area contributed by atoms with Gasteiger partial charge in [0.1, 0.15) is 22.8 Å². The number of rotatable bonds is 11. The predicted molar refractivity (Wildman–Crippen MR) is 175 cm³/mol. The largest absolute Gasteiger partial charge is 0.504 e.